The fourth-order valence-electron chi connectivity index (χ4n) is 0.995. The van der Waals surface area contributed by atoms with Crippen LogP contribution in [0.15, 0.2) is 36.5 Å². The highest BCUT2D eigenvalue weighted by molar-refractivity contribution is 8.38. The highest BCUT2D eigenvalue weighted by Gasteiger charge is 1.86. The summed E-state index contributed by atoms with van der Waals surface area (Å²) in [6, 6.07) is 10.3. The van der Waals surface area contributed by atoms with E-state index in [-0.39, 0.29) is 0 Å². The maximum absolute atomic E-state index is 4.68. The first-order valence-corrected chi connectivity index (χ1v) is 5.77. The third kappa shape index (κ3) is 2.63. The predicted molar refractivity (Wildman–Crippen MR) is 57.6 cm³/mol. The van der Waals surface area contributed by atoms with Crippen LogP contribution >= 0.6 is 31.6 Å². The number of para-hydroxylation sites is 1. The van der Waals surface area contributed by atoms with Gasteiger partial charge in [0.2, 0.25) is 0 Å². The van der Waals surface area contributed by atoms with E-state index in [4.69, 9.17) is 0 Å². The quantitative estimate of drug-likeness (QED) is 0.703. The summed E-state index contributed by atoms with van der Waals surface area (Å²) in [6.45, 7) is 0. The minimum absolute atomic E-state index is 0.694. The molecule has 1 N–H and O–H groups in total. The summed E-state index contributed by atoms with van der Waals surface area (Å²) < 4.78 is 0. The second kappa shape index (κ2) is 5.36. The van der Waals surface area contributed by atoms with Crippen molar-refractivity contribution in [3.8, 4) is 0 Å². The van der Waals surface area contributed by atoms with E-state index in [1.807, 2.05) is 18.3 Å². The lowest BCUT2D eigenvalue weighted by Crippen LogP contribution is -1.61. The zero-order chi connectivity index (χ0) is 8.81. The summed E-state index contributed by atoms with van der Waals surface area (Å²) in [4.78, 5) is 3.12. The lowest BCUT2D eigenvalue weighted by Gasteiger charge is -1.83. The van der Waals surface area contributed by atoms with Gasteiger partial charge in [0.05, 0.1) is 10.2 Å². The lowest BCUT2D eigenvalue weighted by molar-refractivity contribution is 1.48. The number of aromatic amines is 1. The summed E-state index contributed by atoms with van der Waals surface area (Å²) in [6.07, 6.45) is 1.95. The van der Waals surface area contributed by atoms with E-state index in [9.17, 15) is 0 Å². The van der Waals surface area contributed by atoms with E-state index in [1.54, 1.807) is 0 Å². The molecule has 1 heterocycles. The fourth-order valence-corrected chi connectivity index (χ4v) is 0.995. The van der Waals surface area contributed by atoms with Gasteiger partial charge < -0.3 is 4.98 Å². The Labute approximate surface area is 84.1 Å². The standard InChI is InChI=1S/C8H7N.Cl2S/c1-2-4-8-7(3-1)5-6-9-8;1-3-2/h1-6,9H;. The zero-order valence-electron chi connectivity index (χ0n) is 6.13. The van der Waals surface area contributed by atoms with Gasteiger partial charge in [0.15, 0.2) is 0 Å². The number of nitrogens with one attached hydrogen (secondary N) is 1. The van der Waals surface area contributed by atoms with E-state index in [2.05, 4.69) is 44.5 Å². The number of rotatable bonds is 0. The van der Waals surface area contributed by atoms with Gasteiger partial charge in [-0.05, 0) is 38.9 Å². The number of H-pyrrole nitrogens is 1. The first-order chi connectivity index (χ1) is 5.88. The molecule has 0 fully saturated rings. The summed E-state index contributed by atoms with van der Waals surface area (Å²) in [5.74, 6) is 0. The van der Waals surface area contributed by atoms with Crippen LogP contribution in [0.5, 0.6) is 0 Å². The van der Waals surface area contributed by atoms with Crippen molar-refractivity contribution in [3.63, 3.8) is 0 Å². The first kappa shape index (κ1) is 9.78. The minimum atomic E-state index is 0.694. The van der Waals surface area contributed by atoms with Crippen molar-refractivity contribution in [1.82, 2.24) is 4.98 Å². The van der Waals surface area contributed by atoms with Crippen molar-refractivity contribution in [2.75, 3.05) is 0 Å². The van der Waals surface area contributed by atoms with Crippen LogP contribution in [0.4, 0.5) is 0 Å². The summed E-state index contributed by atoms with van der Waals surface area (Å²) >= 11 is 0. The Bertz CT molecular complexity index is 304. The van der Waals surface area contributed by atoms with E-state index in [0.717, 1.165) is 0 Å². The number of benzene rings is 1. The van der Waals surface area contributed by atoms with Gasteiger partial charge in [0, 0.05) is 11.7 Å². The van der Waals surface area contributed by atoms with Crippen LogP contribution in [-0.2, 0) is 0 Å². The Morgan fingerprint density at radius 3 is 2.42 bits per heavy atom. The molecule has 4 heteroatoms. The van der Waals surface area contributed by atoms with E-state index in [1.165, 1.54) is 10.9 Å². The minimum Gasteiger partial charge on any atom is -0.361 e. The van der Waals surface area contributed by atoms with Crippen LogP contribution in [0, 0.1) is 0 Å². The summed E-state index contributed by atoms with van der Waals surface area (Å²) in [7, 11) is 10.1. The van der Waals surface area contributed by atoms with Gasteiger partial charge in [-0.2, -0.15) is 0 Å². The lowest BCUT2D eigenvalue weighted by atomic mass is 10.3. The SMILES string of the molecule is ClSCl.c1ccc2[nH]ccc2c1. The van der Waals surface area contributed by atoms with Crippen LogP contribution in [0.2, 0.25) is 0 Å². The molecule has 0 spiro atoms. The molecule has 0 saturated carbocycles. The normalized spacial score (nSPS) is 9.17. The molecule has 2 rings (SSSR count). The van der Waals surface area contributed by atoms with E-state index < -0.39 is 0 Å². The van der Waals surface area contributed by atoms with Crippen LogP contribution in [-0.4, -0.2) is 4.98 Å². The van der Waals surface area contributed by atoms with Crippen LogP contribution in [0.25, 0.3) is 10.9 Å². The highest BCUT2D eigenvalue weighted by Crippen LogP contribution is 2.09. The number of aromatic nitrogens is 1. The summed E-state index contributed by atoms with van der Waals surface area (Å²) in [5, 5.41) is 1.28. The Morgan fingerprint density at radius 2 is 1.75 bits per heavy atom. The summed E-state index contributed by atoms with van der Waals surface area (Å²) in [5.41, 5.74) is 1.21. The molecule has 0 atom stereocenters. The van der Waals surface area contributed by atoms with Crippen molar-refractivity contribution in [2.45, 2.75) is 0 Å². The molecule has 2 aromatic rings. The molecular weight excluding hydrogens is 213 g/mol. The molecular formula is C8H7Cl2NS. The molecule has 0 bridgehead atoms. The van der Waals surface area contributed by atoms with Crippen LogP contribution in [0.1, 0.15) is 0 Å². The average molecular weight is 220 g/mol. The van der Waals surface area contributed by atoms with Gasteiger partial charge >= 0.3 is 0 Å². The number of fused-ring (bicyclic) bond motifs is 1. The number of hydrogen-bond donors (Lipinski definition) is 1. The van der Waals surface area contributed by atoms with E-state index >= 15 is 0 Å². The second-order valence-corrected chi connectivity index (χ2v) is 3.64. The third-order valence-corrected chi connectivity index (χ3v) is 1.46. The van der Waals surface area contributed by atoms with E-state index in [0.29, 0.717) is 10.2 Å². The van der Waals surface area contributed by atoms with Crippen LogP contribution in [0.3, 0.4) is 0 Å². The molecule has 0 saturated heterocycles. The van der Waals surface area contributed by atoms with Crippen molar-refractivity contribution in [2.24, 2.45) is 0 Å². The largest absolute Gasteiger partial charge is 0.361 e. The maximum atomic E-state index is 4.68. The molecule has 1 aromatic heterocycles. The van der Waals surface area contributed by atoms with Crippen molar-refractivity contribution >= 4 is 42.5 Å². The second-order valence-electron chi connectivity index (χ2n) is 2.12. The van der Waals surface area contributed by atoms with Gasteiger partial charge in [-0.15, -0.1) is 0 Å². The van der Waals surface area contributed by atoms with Gasteiger partial charge in [0.1, 0.15) is 0 Å². The fraction of sp³-hybridized carbons (Fsp3) is 0. The number of hydrogen-bond acceptors (Lipinski definition) is 1. The Balaban J connectivity index is 0.000000213. The predicted octanol–water partition coefficient (Wildman–Crippen LogP) is 4.20. The number of halogens is 2. The van der Waals surface area contributed by atoms with Crippen molar-refractivity contribution in [1.29, 1.82) is 0 Å². The molecule has 1 nitrogen and oxygen atoms in total. The molecule has 0 radical (unpaired) electrons. The third-order valence-electron chi connectivity index (χ3n) is 1.46. The van der Waals surface area contributed by atoms with Crippen molar-refractivity contribution < 1.29 is 0 Å². The Hall–Kier alpha value is -0.310. The highest BCUT2D eigenvalue weighted by atomic mass is 36.0. The van der Waals surface area contributed by atoms with Gasteiger partial charge in [-0.3, -0.25) is 0 Å². The smallest absolute Gasteiger partial charge is 0.0523 e. The monoisotopic (exact) mass is 219 g/mol. The molecule has 0 unspecified atom stereocenters. The Morgan fingerprint density at radius 1 is 1.08 bits per heavy atom. The molecule has 1 aromatic carbocycles. The average Bonchev–Trinajstić information content (AvgIpc) is 2.52. The molecule has 64 valence electrons. The van der Waals surface area contributed by atoms with Gasteiger partial charge in [0.25, 0.3) is 0 Å². The maximum Gasteiger partial charge on any atom is 0.0523 e. The first-order valence-electron chi connectivity index (χ1n) is 3.30. The van der Waals surface area contributed by atoms with Crippen molar-refractivity contribution in [3.05, 3.63) is 36.5 Å². The van der Waals surface area contributed by atoms with Gasteiger partial charge in [-0.25, -0.2) is 0 Å². The molecule has 0 aliphatic rings. The van der Waals surface area contributed by atoms with Gasteiger partial charge in [-0.1, -0.05) is 18.2 Å². The molecule has 0 aliphatic heterocycles. The molecule has 12 heavy (non-hydrogen) atoms. The Kier molecular flexibility index (Phi) is 4.36. The molecule has 0 amide bonds. The topological polar surface area (TPSA) is 15.8 Å². The molecule has 0 aliphatic carbocycles. The zero-order valence-corrected chi connectivity index (χ0v) is 8.46. The van der Waals surface area contributed by atoms with Crippen LogP contribution < -0.4 is 0 Å².